The maximum atomic E-state index is 6.16. The average Bonchev–Trinajstić information content (AvgIpc) is 2.51. The smallest absolute Gasteiger partial charge is 0.0597 e. The van der Waals surface area contributed by atoms with Crippen LogP contribution in [0.3, 0.4) is 0 Å². The number of nitrogens with zero attached hydrogens (tertiary/aromatic N) is 1. The molecule has 112 valence electrons. The van der Waals surface area contributed by atoms with Crippen molar-refractivity contribution in [3.63, 3.8) is 0 Å². The van der Waals surface area contributed by atoms with E-state index in [0.717, 1.165) is 10.7 Å². The number of rotatable bonds is 3. The van der Waals surface area contributed by atoms with Gasteiger partial charge in [-0.15, -0.1) is 0 Å². The van der Waals surface area contributed by atoms with Crippen molar-refractivity contribution in [3.05, 3.63) is 23.2 Å². The zero-order valence-electron chi connectivity index (χ0n) is 13.2. The third-order valence-corrected chi connectivity index (χ3v) is 4.61. The van der Waals surface area contributed by atoms with Crippen LogP contribution < -0.4 is 10.2 Å². The molecule has 0 saturated heterocycles. The Hall–Kier alpha value is -0.890. The van der Waals surface area contributed by atoms with Gasteiger partial charge < -0.3 is 10.2 Å². The molecule has 1 aliphatic rings. The monoisotopic (exact) mass is 294 g/mol. The molecule has 1 N–H and O–H groups in total. The van der Waals surface area contributed by atoms with Crippen molar-refractivity contribution in [1.29, 1.82) is 0 Å². The van der Waals surface area contributed by atoms with E-state index in [4.69, 9.17) is 11.6 Å². The van der Waals surface area contributed by atoms with E-state index in [1.807, 2.05) is 12.1 Å². The molecule has 1 aromatic carbocycles. The van der Waals surface area contributed by atoms with Gasteiger partial charge in [0.15, 0.2) is 0 Å². The molecule has 1 unspecified atom stereocenters. The molecule has 0 aromatic heterocycles. The fourth-order valence-corrected chi connectivity index (χ4v) is 3.21. The summed E-state index contributed by atoms with van der Waals surface area (Å²) < 4.78 is 0. The molecule has 1 aromatic rings. The Morgan fingerprint density at radius 1 is 1.20 bits per heavy atom. The van der Waals surface area contributed by atoms with Gasteiger partial charge in [-0.3, -0.25) is 0 Å². The molecule has 0 radical (unpaired) electrons. The lowest BCUT2D eigenvalue weighted by atomic mass is 9.85. The number of anilines is 2. The van der Waals surface area contributed by atoms with Crippen LogP contribution in [0.15, 0.2) is 18.2 Å². The van der Waals surface area contributed by atoms with Gasteiger partial charge in [0.05, 0.1) is 11.4 Å². The first-order valence-corrected chi connectivity index (χ1v) is 7.99. The van der Waals surface area contributed by atoms with Crippen molar-refractivity contribution >= 4 is 23.0 Å². The van der Waals surface area contributed by atoms with Crippen LogP contribution in [0.25, 0.3) is 0 Å². The quantitative estimate of drug-likeness (QED) is 0.773. The van der Waals surface area contributed by atoms with Crippen molar-refractivity contribution < 1.29 is 0 Å². The SMILES string of the molecule is CN(C)c1ccc(Cl)cc1NC1CCCC(C)(C)CC1. The normalized spacial score (nSPS) is 22.1. The van der Waals surface area contributed by atoms with E-state index < -0.39 is 0 Å². The highest BCUT2D eigenvalue weighted by atomic mass is 35.5. The molecule has 1 saturated carbocycles. The summed E-state index contributed by atoms with van der Waals surface area (Å²) in [4.78, 5) is 2.14. The van der Waals surface area contributed by atoms with Gasteiger partial charge in [-0.2, -0.15) is 0 Å². The lowest BCUT2D eigenvalue weighted by Gasteiger charge is -2.24. The average molecular weight is 295 g/mol. The molecule has 2 rings (SSSR count). The van der Waals surface area contributed by atoms with Crippen molar-refractivity contribution in [2.75, 3.05) is 24.3 Å². The number of halogens is 1. The largest absolute Gasteiger partial charge is 0.381 e. The topological polar surface area (TPSA) is 15.3 Å². The van der Waals surface area contributed by atoms with Gasteiger partial charge in [0.25, 0.3) is 0 Å². The Morgan fingerprint density at radius 3 is 2.65 bits per heavy atom. The van der Waals surface area contributed by atoms with E-state index >= 15 is 0 Å². The summed E-state index contributed by atoms with van der Waals surface area (Å²) in [5.41, 5.74) is 2.86. The number of hydrogen-bond acceptors (Lipinski definition) is 2. The summed E-state index contributed by atoms with van der Waals surface area (Å²) in [6, 6.07) is 6.66. The minimum absolute atomic E-state index is 0.495. The molecule has 1 fully saturated rings. The van der Waals surface area contributed by atoms with Crippen molar-refractivity contribution in [2.24, 2.45) is 5.41 Å². The molecule has 0 heterocycles. The zero-order valence-corrected chi connectivity index (χ0v) is 13.9. The third-order valence-electron chi connectivity index (χ3n) is 4.38. The van der Waals surface area contributed by atoms with Crippen molar-refractivity contribution in [3.8, 4) is 0 Å². The molecule has 0 bridgehead atoms. The Morgan fingerprint density at radius 2 is 1.95 bits per heavy atom. The summed E-state index contributed by atoms with van der Waals surface area (Å²) in [5, 5.41) is 4.52. The van der Waals surface area contributed by atoms with Gasteiger partial charge >= 0.3 is 0 Å². The van der Waals surface area contributed by atoms with Gasteiger partial charge in [0.2, 0.25) is 0 Å². The number of nitrogens with one attached hydrogen (secondary N) is 1. The molecule has 0 aliphatic heterocycles. The molecule has 2 nitrogen and oxygen atoms in total. The van der Waals surface area contributed by atoms with Crippen LogP contribution in [-0.2, 0) is 0 Å². The van der Waals surface area contributed by atoms with Gasteiger partial charge in [-0.25, -0.2) is 0 Å². The minimum Gasteiger partial charge on any atom is -0.381 e. The Kier molecular flexibility index (Phi) is 4.85. The minimum atomic E-state index is 0.495. The van der Waals surface area contributed by atoms with Crippen LogP contribution in [0, 0.1) is 5.41 Å². The third kappa shape index (κ3) is 4.05. The van der Waals surface area contributed by atoms with Crippen molar-refractivity contribution in [2.45, 2.75) is 52.0 Å². The van der Waals surface area contributed by atoms with Crippen LogP contribution in [0.1, 0.15) is 46.0 Å². The highest BCUT2D eigenvalue weighted by Gasteiger charge is 2.24. The maximum absolute atomic E-state index is 6.16. The van der Waals surface area contributed by atoms with E-state index in [1.54, 1.807) is 0 Å². The Bertz CT molecular complexity index is 454. The number of benzene rings is 1. The van der Waals surface area contributed by atoms with Crippen molar-refractivity contribution in [1.82, 2.24) is 0 Å². The summed E-state index contributed by atoms with van der Waals surface area (Å²) >= 11 is 6.16. The predicted molar refractivity (Wildman–Crippen MR) is 90.1 cm³/mol. The molecule has 1 atom stereocenters. The second kappa shape index (κ2) is 6.26. The Balaban J connectivity index is 2.11. The summed E-state index contributed by atoms with van der Waals surface area (Å²) in [6.45, 7) is 4.78. The molecule has 1 aliphatic carbocycles. The highest BCUT2D eigenvalue weighted by molar-refractivity contribution is 6.31. The lowest BCUT2D eigenvalue weighted by molar-refractivity contribution is 0.313. The predicted octanol–water partition coefficient (Wildman–Crippen LogP) is 5.18. The number of hydrogen-bond donors (Lipinski definition) is 1. The molecular formula is C17H27ClN2. The van der Waals surface area contributed by atoms with E-state index in [2.05, 4.69) is 44.2 Å². The van der Waals surface area contributed by atoms with Gasteiger partial charge in [-0.05, 0) is 49.3 Å². The molecule has 20 heavy (non-hydrogen) atoms. The van der Waals surface area contributed by atoms with Gasteiger partial charge in [-0.1, -0.05) is 31.9 Å². The van der Waals surface area contributed by atoms with E-state index in [9.17, 15) is 0 Å². The first-order chi connectivity index (χ1) is 9.37. The second-order valence-corrected chi connectivity index (χ2v) is 7.43. The van der Waals surface area contributed by atoms with Crippen LogP contribution in [0.2, 0.25) is 5.02 Å². The second-order valence-electron chi connectivity index (χ2n) is 6.99. The summed E-state index contributed by atoms with van der Waals surface area (Å²) in [5.74, 6) is 0. The first kappa shape index (κ1) is 15.5. The molecular weight excluding hydrogens is 268 g/mol. The zero-order chi connectivity index (χ0) is 14.8. The molecule has 0 spiro atoms. The van der Waals surface area contributed by atoms with Crippen LogP contribution >= 0.6 is 11.6 Å². The van der Waals surface area contributed by atoms with Gasteiger partial charge in [0, 0.05) is 25.2 Å². The molecule has 0 amide bonds. The van der Waals surface area contributed by atoms with E-state index in [-0.39, 0.29) is 0 Å². The Labute approximate surface area is 128 Å². The maximum Gasteiger partial charge on any atom is 0.0597 e. The first-order valence-electron chi connectivity index (χ1n) is 7.61. The van der Waals surface area contributed by atoms with Crippen LogP contribution in [0.5, 0.6) is 0 Å². The van der Waals surface area contributed by atoms with E-state index in [1.165, 1.54) is 37.8 Å². The lowest BCUT2D eigenvalue weighted by Crippen LogP contribution is -2.21. The van der Waals surface area contributed by atoms with Crippen LogP contribution in [0.4, 0.5) is 11.4 Å². The molecule has 3 heteroatoms. The fourth-order valence-electron chi connectivity index (χ4n) is 3.04. The van der Waals surface area contributed by atoms with Gasteiger partial charge in [0.1, 0.15) is 0 Å². The standard InChI is InChI=1S/C17H27ClN2/c1-17(2)10-5-6-14(9-11-17)19-15-12-13(18)7-8-16(15)20(3)4/h7-8,12,14,19H,5-6,9-11H2,1-4H3. The van der Waals surface area contributed by atoms with Crippen LogP contribution in [-0.4, -0.2) is 20.1 Å². The highest BCUT2D eigenvalue weighted by Crippen LogP contribution is 2.36. The summed E-state index contributed by atoms with van der Waals surface area (Å²) in [6.07, 6.45) is 6.43. The fraction of sp³-hybridized carbons (Fsp3) is 0.647. The van der Waals surface area contributed by atoms with E-state index in [0.29, 0.717) is 11.5 Å². The summed E-state index contributed by atoms with van der Waals surface area (Å²) in [7, 11) is 4.15.